The molecule has 0 heterocycles. The molecule has 0 aromatic heterocycles. The number of hydrogen-bond acceptors (Lipinski definition) is 4. The number of sulfone groups is 1. The largest absolute Gasteiger partial charge is 0.490 e. The number of hydrogen-bond donors (Lipinski definition) is 2. The average Bonchev–Trinajstić information content (AvgIpc) is 3.23. The number of ether oxygens (including phenoxy) is 1. The fourth-order valence-corrected chi connectivity index (χ4v) is 4.56. The highest BCUT2D eigenvalue weighted by Crippen LogP contribution is 2.26. The zero-order valence-electron chi connectivity index (χ0n) is 18.0. The van der Waals surface area contributed by atoms with Crippen LogP contribution in [0.15, 0.2) is 47.5 Å². The van der Waals surface area contributed by atoms with Gasteiger partial charge >= 0.3 is 0 Å². The van der Waals surface area contributed by atoms with Gasteiger partial charge < -0.3 is 15.4 Å². The summed E-state index contributed by atoms with van der Waals surface area (Å²) >= 11 is 0. The maximum atomic E-state index is 13.7. The second-order valence-electron chi connectivity index (χ2n) is 7.89. The highest BCUT2D eigenvalue weighted by atomic mass is 32.2. The van der Waals surface area contributed by atoms with Crippen LogP contribution in [0.1, 0.15) is 42.4 Å². The number of aliphatic imine (C=N–C) groups is 1. The van der Waals surface area contributed by atoms with Gasteiger partial charge in [0.25, 0.3) is 0 Å². The molecule has 1 saturated carbocycles. The molecule has 0 saturated heterocycles. The molecule has 2 N–H and O–H groups in total. The van der Waals surface area contributed by atoms with Crippen LogP contribution in [-0.2, 0) is 28.7 Å². The van der Waals surface area contributed by atoms with Gasteiger partial charge in [-0.15, -0.1) is 0 Å². The van der Waals surface area contributed by atoms with Crippen LogP contribution in [-0.4, -0.2) is 33.8 Å². The second-order valence-corrected chi connectivity index (χ2v) is 10.0. The summed E-state index contributed by atoms with van der Waals surface area (Å²) in [4.78, 5) is 4.22. The van der Waals surface area contributed by atoms with Crippen LogP contribution in [0.2, 0.25) is 0 Å². The molecule has 0 atom stereocenters. The molecule has 168 valence electrons. The van der Waals surface area contributed by atoms with Crippen LogP contribution < -0.4 is 15.4 Å². The number of rotatable bonds is 8. The summed E-state index contributed by atoms with van der Waals surface area (Å²) in [7, 11) is -1.58. The summed E-state index contributed by atoms with van der Waals surface area (Å²) in [5.74, 6) is 0.862. The topological polar surface area (TPSA) is 79.8 Å². The van der Waals surface area contributed by atoms with Crippen molar-refractivity contribution in [3.05, 3.63) is 65.0 Å². The minimum absolute atomic E-state index is 0.137. The van der Waals surface area contributed by atoms with Gasteiger partial charge in [-0.05, 0) is 55.0 Å². The van der Waals surface area contributed by atoms with Crippen molar-refractivity contribution in [3.8, 4) is 5.75 Å². The van der Waals surface area contributed by atoms with Crippen molar-refractivity contribution in [2.45, 2.75) is 50.6 Å². The number of nitrogens with zero attached hydrogens (tertiary/aromatic N) is 1. The number of guanidine groups is 1. The minimum atomic E-state index is -3.23. The Morgan fingerprint density at radius 3 is 2.42 bits per heavy atom. The van der Waals surface area contributed by atoms with Gasteiger partial charge in [-0.3, -0.25) is 4.99 Å². The van der Waals surface area contributed by atoms with E-state index in [4.69, 9.17) is 4.74 Å². The molecule has 6 nitrogen and oxygen atoms in total. The molecule has 31 heavy (non-hydrogen) atoms. The van der Waals surface area contributed by atoms with Crippen molar-refractivity contribution >= 4 is 15.8 Å². The smallest absolute Gasteiger partial charge is 0.191 e. The summed E-state index contributed by atoms with van der Waals surface area (Å²) in [5, 5.41) is 6.39. The number of para-hydroxylation sites is 1. The first-order valence-electron chi connectivity index (χ1n) is 10.5. The van der Waals surface area contributed by atoms with Crippen LogP contribution in [0.4, 0.5) is 4.39 Å². The molecular formula is C23H30FN3O3S. The number of benzene rings is 2. The average molecular weight is 448 g/mol. The maximum Gasteiger partial charge on any atom is 0.191 e. The molecule has 1 aliphatic rings. The van der Waals surface area contributed by atoms with E-state index in [0.717, 1.165) is 24.2 Å². The van der Waals surface area contributed by atoms with Crippen molar-refractivity contribution in [1.29, 1.82) is 0 Å². The molecular weight excluding hydrogens is 417 g/mol. The third kappa shape index (κ3) is 7.24. The molecule has 0 amide bonds. The van der Waals surface area contributed by atoms with E-state index in [9.17, 15) is 12.8 Å². The molecule has 0 spiro atoms. The molecule has 1 aliphatic carbocycles. The van der Waals surface area contributed by atoms with E-state index >= 15 is 0 Å². The van der Waals surface area contributed by atoms with Crippen molar-refractivity contribution in [3.63, 3.8) is 0 Å². The van der Waals surface area contributed by atoms with Gasteiger partial charge in [-0.25, -0.2) is 12.8 Å². The molecule has 8 heteroatoms. The molecule has 3 rings (SSSR count). The summed E-state index contributed by atoms with van der Waals surface area (Å²) in [6, 6.07) is 12.1. The first kappa shape index (κ1) is 23.1. The maximum absolute atomic E-state index is 13.7. The number of nitrogens with one attached hydrogen (secondary N) is 2. The molecule has 1 fully saturated rings. The summed E-state index contributed by atoms with van der Waals surface area (Å²) in [6.45, 7) is 0.768. The van der Waals surface area contributed by atoms with Crippen LogP contribution in [0, 0.1) is 5.82 Å². The van der Waals surface area contributed by atoms with E-state index in [-0.39, 0.29) is 18.4 Å². The predicted molar refractivity (Wildman–Crippen MR) is 121 cm³/mol. The molecule has 2 aromatic carbocycles. The Morgan fingerprint density at radius 1 is 1.06 bits per heavy atom. The first-order valence-corrected chi connectivity index (χ1v) is 12.5. The van der Waals surface area contributed by atoms with Crippen LogP contribution in [0.25, 0.3) is 0 Å². The Hall–Kier alpha value is -2.61. The fourth-order valence-electron chi connectivity index (χ4n) is 3.71. The van der Waals surface area contributed by atoms with Crippen LogP contribution in [0.5, 0.6) is 5.75 Å². The highest BCUT2D eigenvalue weighted by Gasteiger charge is 2.18. The van der Waals surface area contributed by atoms with Crippen LogP contribution >= 0.6 is 0 Å². The zero-order chi connectivity index (χ0) is 22.3. The molecule has 0 aliphatic heterocycles. The van der Waals surface area contributed by atoms with Crippen molar-refractivity contribution in [2.75, 3.05) is 13.3 Å². The van der Waals surface area contributed by atoms with E-state index in [2.05, 4.69) is 15.6 Å². The third-order valence-corrected chi connectivity index (χ3v) is 6.11. The van der Waals surface area contributed by atoms with Gasteiger partial charge in [0.05, 0.1) is 11.9 Å². The van der Waals surface area contributed by atoms with Crippen LogP contribution in [0.3, 0.4) is 0 Å². The molecule has 0 bridgehead atoms. The SMILES string of the molecule is CN=C(NCc1cc(F)ccc1CS(C)(=O)=O)NCc1ccccc1OC1CCCC1. The van der Waals surface area contributed by atoms with Crippen molar-refractivity contribution < 1.29 is 17.5 Å². The van der Waals surface area contributed by atoms with Gasteiger partial charge in [0.1, 0.15) is 11.6 Å². The lowest BCUT2D eigenvalue weighted by atomic mass is 10.1. The van der Waals surface area contributed by atoms with Gasteiger partial charge in [0.2, 0.25) is 0 Å². The normalized spacial score (nSPS) is 15.1. The Morgan fingerprint density at radius 2 is 1.74 bits per heavy atom. The van der Waals surface area contributed by atoms with E-state index in [1.807, 2.05) is 24.3 Å². The van der Waals surface area contributed by atoms with Gasteiger partial charge in [-0.1, -0.05) is 24.3 Å². The lowest BCUT2D eigenvalue weighted by Gasteiger charge is -2.18. The van der Waals surface area contributed by atoms with E-state index < -0.39 is 15.7 Å². The molecule has 2 aromatic rings. The second kappa shape index (κ2) is 10.6. The summed E-state index contributed by atoms with van der Waals surface area (Å²) in [6.07, 6.45) is 6.05. The molecule has 0 radical (unpaired) electrons. The predicted octanol–water partition coefficient (Wildman–Crippen LogP) is 3.56. The van der Waals surface area contributed by atoms with Gasteiger partial charge in [0, 0.05) is 32.0 Å². The van der Waals surface area contributed by atoms with Crippen molar-refractivity contribution in [2.24, 2.45) is 4.99 Å². The van der Waals surface area contributed by atoms with E-state index in [1.165, 1.54) is 37.3 Å². The summed E-state index contributed by atoms with van der Waals surface area (Å²) in [5.41, 5.74) is 2.18. The number of halogens is 1. The van der Waals surface area contributed by atoms with E-state index in [0.29, 0.717) is 23.6 Å². The lowest BCUT2D eigenvalue weighted by molar-refractivity contribution is 0.208. The Balaban J connectivity index is 1.62. The summed E-state index contributed by atoms with van der Waals surface area (Å²) < 4.78 is 43.3. The standard InChI is InChI=1S/C23H30FN3O3S/c1-25-23(27-15-19-13-20(24)12-11-18(19)16-31(2,28)29)26-14-17-7-3-6-10-22(17)30-21-8-4-5-9-21/h3,6-7,10-13,21H,4-5,8-9,14-16H2,1-2H3,(H2,25,26,27). The molecule has 0 unspecified atom stereocenters. The first-order chi connectivity index (χ1) is 14.8. The Bertz CT molecular complexity index is 1020. The quantitative estimate of drug-likeness (QED) is 0.478. The van der Waals surface area contributed by atoms with Gasteiger partial charge in [0.15, 0.2) is 15.8 Å². The van der Waals surface area contributed by atoms with Gasteiger partial charge in [-0.2, -0.15) is 0 Å². The monoisotopic (exact) mass is 447 g/mol. The van der Waals surface area contributed by atoms with E-state index in [1.54, 1.807) is 7.05 Å². The highest BCUT2D eigenvalue weighted by molar-refractivity contribution is 7.89. The third-order valence-electron chi connectivity index (χ3n) is 5.27. The Kier molecular flexibility index (Phi) is 7.90. The minimum Gasteiger partial charge on any atom is -0.490 e. The fraction of sp³-hybridized carbons (Fsp3) is 0.435. The lowest BCUT2D eigenvalue weighted by Crippen LogP contribution is -2.36. The zero-order valence-corrected chi connectivity index (χ0v) is 18.8. The van der Waals surface area contributed by atoms with Crippen molar-refractivity contribution in [1.82, 2.24) is 10.6 Å². The Labute approximate surface area is 183 Å².